The van der Waals surface area contributed by atoms with E-state index in [4.69, 9.17) is 9.15 Å². The van der Waals surface area contributed by atoms with E-state index in [9.17, 15) is 23.1 Å². The number of carbonyl (C=O) groups excluding carboxylic acids is 1. The van der Waals surface area contributed by atoms with Gasteiger partial charge in [0, 0.05) is 19.1 Å². The smallest absolute Gasteiger partial charge is 0.462 e. The molecule has 0 bridgehead atoms. The molecule has 0 saturated carbocycles. The van der Waals surface area contributed by atoms with Gasteiger partial charge in [0.05, 0.1) is 25.8 Å². The lowest BCUT2D eigenvalue weighted by Gasteiger charge is -2.27. The van der Waals surface area contributed by atoms with Crippen LogP contribution in [0.1, 0.15) is 30.9 Å². The highest BCUT2D eigenvalue weighted by molar-refractivity contribution is 5.78. The fraction of sp³-hybridized carbons (Fsp3) is 0.500. The highest BCUT2D eigenvalue weighted by atomic mass is 19.4. The molecule has 176 valence electrons. The van der Waals surface area contributed by atoms with Crippen LogP contribution in [0.2, 0.25) is 0 Å². The molecule has 1 fully saturated rings. The van der Waals surface area contributed by atoms with Gasteiger partial charge < -0.3 is 23.9 Å². The molecule has 2 heterocycles. The first-order valence-electron chi connectivity index (χ1n) is 10.3. The first kappa shape index (κ1) is 24.1. The lowest BCUT2D eigenvalue weighted by Crippen LogP contribution is -2.42. The molecular weight excluding hydrogens is 429 g/mol. The highest BCUT2D eigenvalue weighted by Crippen LogP contribution is 2.23. The maximum absolute atomic E-state index is 12.7. The van der Waals surface area contributed by atoms with Crippen molar-refractivity contribution in [2.24, 2.45) is 0 Å². The molecule has 10 heteroatoms. The van der Waals surface area contributed by atoms with Crippen molar-refractivity contribution in [2.45, 2.75) is 52.1 Å². The Balaban J connectivity index is 1.65. The molecule has 1 aliphatic heterocycles. The van der Waals surface area contributed by atoms with Crippen LogP contribution in [0.25, 0.3) is 0 Å². The van der Waals surface area contributed by atoms with Crippen molar-refractivity contribution in [1.29, 1.82) is 0 Å². The monoisotopic (exact) mass is 456 g/mol. The summed E-state index contributed by atoms with van der Waals surface area (Å²) in [6.45, 7) is 5.33. The molecule has 3 rings (SSSR count). The summed E-state index contributed by atoms with van der Waals surface area (Å²) < 4.78 is 52.4. The summed E-state index contributed by atoms with van der Waals surface area (Å²) in [6, 6.07) is 8.96. The van der Waals surface area contributed by atoms with Crippen LogP contribution in [0.5, 0.6) is 5.75 Å². The fourth-order valence-electron chi connectivity index (χ4n) is 3.55. The van der Waals surface area contributed by atoms with E-state index in [-0.39, 0.29) is 43.6 Å². The Morgan fingerprint density at radius 2 is 1.81 bits per heavy atom. The molecule has 1 amide bonds. The zero-order valence-electron chi connectivity index (χ0n) is 18.0. The normalized spacial score (nSPS) is 18.3. The number of hydrogen-bond acceptors (Lipinski definition) is 6. The van der Waals surface area contributed by atoms with E-state index in [2.05, 4.69) is 4.74 Å². The first-order valence-corrected chi connectivity index (χ1v) is 10.3. The minimum atomic E-state index is -4.74. The first-order chi connectivity index (χ1) is 15.1. The van der Waals surface area contributed by atoms with Gasteiger partial charge in [-0.1, -0.05) is 12.1 Å². The van der Waals surface area contributed by atoms with Gasteiger partial charge in [0.15, 0.2) is 0 Å². The van der Waals surface area contributed by atoms with Crippen LogP contribution in [0, 0.1) is 0 Å². The zero-order chi connectivity index (χ0) is 23.3. The van der Waals surface area contributed by atoms with E-state index < -0.39 is 6.36 Å². The van der Waals surface area contributed by atoms with Crippen molar-refractivity contribution in [3.8, 4) is 5.75 Å². The van der Waals surface area contributed by atoms with Gasteiger partial charge in [0.25, 0.3) is 0 Å². The third-order valence-electron chi connectivity index (χ3n) is 5.06. The van der Waals surface area contributed by atoms with Gasteiger partial charge in [0.1, 0.15) is 23.9 Å². The van der Waals surface area contributed by atoms with E-state index in [1.807, 2.05) is 18.7 Å². The number of halogens is 3. The van der Waals surface area contributed by atoms with E-state index in [1.54, 1.807) is 17.0 Å². The van der Waals surface area contributed by atoms with Gasteiger partial charge in [-0.05, 0) is 43.7 Å². The van der Waals surface area contributed by atoms with Gasteiger partial charge in [-0.3, -0.25) is 9.69 Å². The van der Waals surface area contributed by atoms with Crippen LogP contribution in [0.4, 0.5) is 13.2 Å². The molecule has 1 aliphatic rings. The van der Waals surface area contributed by atoms with Crippen molar-refractivity contribution in [1.82, 2.24) is 9.80 Å². The van der Waals surface area contributed by atoms with E-state index in [0.717, 1.165) is 0 Å². The van der Waals surface area contributed by atoms with E-state index >= 15 is 0 Å². The quantitative estimate of drug-likeness (QED) is 0.657. The maximum Gasteiger partial charge on any atom is 0.573 e. The minimum absolute atomic E-state index is 0.00282. The fourth-order valence-corrected chi connectivity index (χ4v) is 3.55. The predicted octanol–water partition coefficient (Wildman–Crippen LogP) is 3.31. The SMILES string of the molecule is CC(C)N1C[C@@H](OCc2ccc(OC(F)(F)F)cc2)CN(Cc2ccc(CO)o2)CC1=O. The standard InChI is InChI=1S/C22H27F3N2O5/c1-15(2)27-11-20(30-14-16-3-5-17(6-4-16)32-22(23,24)25)10-26(12-21(27)29)9-18-7-8-19(13-28)31-18/h3-8,15,20,28H,9-14H2,1-2H3/t20-/m0/s1. The van der Waals surface area contributed by atoms with Crippen LogP contribution in [0.3, 0.4) is 0 Å². The van der Waals surface area contributed by atoms with Crippen LogP contribution < -0.4 is 4.74 Å². The summed E-state index contributed by atoms with van der Waals surface area (Å²) in [4.78, 5) is 16.4. The number of carbonyl (C=O) groups is 1. The Morgan fingerprint density at radius 1 is 1.12 bits per heavy atom. The number of rotatable bonds is 8. The summed E-state index contributed by atoms with van der Waals surface area (Å²) in [5.41, 5.74) is 0.691. The second-order valence-electron chi connectivity index (χ2n) is 7.96. The third-order valence-corrected chi connectivity index (χ3v) is 5.06. The van der Waals surface area contributed by atoms with E-state index in [0.29, 0.717) is 36.7 Å². The lowest BCUT2D eigenvalue weighted by atomic mass is 10.2. The zero-order valence-corrected chi connectivity index (χ0v) is 18.0. The number of aliphatic hydroxyl groups is 1. The molecule has 0 unspecified atom stereocenters. The molecule has 0 aliphatic carbocycles. The number of alkyl halides is 3. The summed E-state index contributed by atoms with van der Waals surface area (Å²) in [7, 11) is 0. The van der Waals surface area contributed by atoms with E-state index in [1.165, 1.54) is 24.3 Å². The van der Waals surface area contributed by atoms with Crippen LogP contribution in [0.15, 0.2) is 40.8 Å². The van der Waals surface area contributed by atoms with Crippen molar-refractivity contribution in [3.05, 3.63) is 53.5 Å². The molecule has 1 N–H and O–H groups in total. The second kappa shape index (κ2) is 10.4. The average Bonchev–Trinajstić information content (AvgIpc) is 3.10. The Labute approximate surface area is 184 Å². The van der Waals surface area contributed by atoms with Gasteiger partial charge in [-0.25, -0.2) is 0 Å². The Kier molecular flexibility index (Phi) is 7.81. The summed E-state index contributed by atoms with van der Waals surface area (Å²) >= 11 is 0. The number of amides is 1. The average molecular weight is 456 g/mol. The minimum Gasteiger partial charge on any atom is -0.462 e. The van der Waals surface area contributed by atoms with Crippen molar-refractivity contribution < 1.29 is 37.0 Å². The van der Waals surface area contributed by atoms with Crippen molar-refractivity contribution >= 4 is 5.91 Å². The Morgan fingerprint density at radius 3 is 2.41 bits per heavy atom. The molecule has 0 radical (unpaired) electrons. The Bertz CT molecular complexity index is 882. The number of hydrogen-bond donors (Lipinski definition) is 1. The van der Waals surface area contributed by atoms with Crippen LogP contribution >= 0.6 is 0 Å². The molecule has 0 spiro atoms. The molecule has 1 atom stereocenters. The topological polar surface area (TPSA) is 75.4 Å². The van der Waals surface area contributed by atoms with Crippen molar-refractivity contribution in [3.63, 3.8) is 0 Å². The predicted molar refractivity (Wildman–Crippen MR) is 108 cm³/mol. The molecule has 1 saturated heterocycles. The number of benzene rings is 1. The molecule has 7 nitrogen and oxygen atoms in total. The summed E-state index contributed by atoms with van der Waals surface area (Å²) in [6.07, 6.45) is -5.04. The number of aliphatic hydroxyl groups excluding tert-OH is 1. The number of ether oxygens (including phenoxy) is 2. The summed E-state index contributed by atoms with van der Waals surface area (Å²) in [5.74, 6) is 0.780. The van der Waals surface area contributed by atoms with Gasteiger partial charge in [0.2, 0.25) is 5.91 Å². The summed E-state index contributed by atoms with van der Waals surface area (Å²) in [5, 5.41) is 9.18. The highest BCUT2D eigenvalue weighted by Gasteiger charge is 2.31. The Hall–Kier alpha value is -2.56. The van der Waals surface area contributed by atoms with Gasteiger partial charge in [-0.2, -0.15) is 0 Å². The van der Waals surface area contributed by atoms with Gasteiger partial charge >= 0.3 is 6.36 Å². The second-order valence-corrected chi connectivity index (χ2v) is 7.96. The lowest BCUT2D eigenvalue weighted by molar-refractivity contribution is -0.274. The molecular formula is C22H27F3N2O5. The molecule has 2 aromatic rings. The largest absolute Gasteiger partial charge is 0.573 e. The number of furan rings is 1. The molecule has 32 heavy (non-hydrogen) atoms. The van der Waals surface area contributed by atoms with Crippen LogP contribution in [-0.4, -0.2) is 59.0 Å². The van der Waals surface area contributed by atoms with Gasteiger partial charge in [-0.15, -0.1) is 13.2 Å². The van der Waals surface area contributed by atoms with Crippen molar-refractivity contribution in [2.75, 3.05) is 19.6 Å². The third kappa shape index (κ3) is 6.98. The number of nitrogens with zero attached hydrogens (tertiary/aromatic N) is 2. The molecule has 1 aromatic heterocycles. The van der Waals surface area contributed by atoms with Crippen LogP contribution in [-0.2, 0) is 29.3 Å². The maximum atomic E-state index is 12.7. The molecule has 1 aromatic carbocycles.